The summed E-state index contributed by atoms with van der Waals surface area (Å²) in [5.41, 5.74) is 18.5. The average Bonchev–Trinajstić information content (AvgIpc) is 3.58. The van der Waals surface area contributed by atoms with Gasteiger partial charge in [-0.1, -0.05) is 155 Å². The minimum Gasteiger partial charge on any atom is -0.238 e. The molecule has 0 aliphatic heterocycles. The number of fused-ring (bicyclic) bond motifs is 6. The summed E-state index contributed by atoms with van der Waals surface area (Å²) < 4.78 is 0. The summed E-state index contributed by atoms with van der Waals surface area (Å²) in [6.07, 6.45) is 0. The highest BCUT2D eigenvalue weighted by atomic mass is 14.6. The van der Waals surface area contributed by atoms with Crippen LogP contribution < -0.4 is 0 Å². The molecule has 0 saturated carbocycles. The molecule has 2 aliphatic carbocycles. The second kappa shape index (κ2) is 10.8. The van der Waals surface area contributed by atoms with E-state index in [1.807, 2.05) is 18.2 Å². The first-order valence-electron chi connectivity index (χ1n) is 19.0. The first-order valence-corrected chi connectivity index (χ1v) is 19.0. The highest BCUT2D eigenvalue weighted by Gasteiger charge is 2.36. The van der Waals surface area contributed by atoms with Crippen LogP contribution in [-0.2, 0) is 10.8 Å². The summed E-state index contributed by atoms with van der Waals surface area (Å²) in [6, 6.07) is 56.4. The minimum atomic E-state index is -0.0980. The van der Waals surface area contributed by atoms with Crippen molar-refractivity contribution in [2.24, 2.45) is 0 Å². The summed E-state index contributed by atoms with van der Waals surface area (Å²) in [5, 5.41) is 7.55. The van der Waals surface area contributed by atoms with Crippen molar-refractivity contribution in [2.75, 3.05) is 0 Å². The molecule has 0 saturated heterocycles. The molecule has 1 nitrogen and oxygen atoms in total. The van der Waals surface area contributed by atoms with Crippen molar-refractivity contribution in [1.29, 1.82) is 0 Å². The topological polar surface area (TPSA) is 4.36 Å². The fourth-order valence-electron chi connectivity index (χ4n) is 10.1. The quantitative estimate of drug-likeness (QED) is 0.129. The highest BCUT2D eigenvalue weighted by molar-refractivity contribution is 6.30. The molecule has 0 N–H and O–H groups in total. The Bertz CT molecular complexity index is 3110. The van der Waals surface area contributed by atoms with Crippen LogP contribution in [0.15, 0.2) is 152 Å². The molecule has 254 valence electrons. The third-order valence-electron chi connectivity index (χ3n) is 12.9. The lowest BCUT2D eigenvalue weighted by atomic mass is 9.80. The van der Waals surface area contributed by atoms with E-state index < -0.39 is 0 Å². The molecule has 9 aromatic carbocycles. The van der Waals surface area contributed by atoms with E-state index in [-0.39, 0.29) is 10.8 Å². The smallest absolute Gasteiger partial charge is 0.187 e. The van der Waals surface area contributed by atoms with Crippen LogP contribution in [0.3, 0.4) is 0 Å². The van der Waals surface area contributed by atoms with Crippen LogP contribution in [0.4, 0.5) is 5.69 Å². The van der Waals surface area contributed by atoms with Crippen LogP contribution in [0.1, 0.15) is 49.9 Å². The van der Waals surface area contributed by atoms with Crippen LogP contribution in [0.25, 0.3) is 92.8 Å². The Morgan fingerprint density at radius 1 is 0.370 bits per heavy atom. The molecule has 2 aliphatic rings. The fourth-order valence-corrected chi connectivity index (χ4v) is 10.1. The van der Waals surface area contributed by atoms with Gasteiger partial charge in [-0.05, 0) is 134 Å². The number of nitrogens with zero attached hydrogens (tertiary/aromatic N) is 1. The molecule has 0 spiro atoms. The van der Waals surface area contributed by atoms with Crippen molar-refractivity contribution in [3.05, 3.63) is 185 Å². The summed E-state index contributed by atoms with van der Waals surface area (Å²) in [5.74, 6) is 0. The third-order valence-corrected chi connectivity index (χ3v) is 12.9. The summed E-state index contributed by atoms with van der Waals surface area (Å²) in [7, 11) is 0. The molecule has 0 radical (unpaired) electrons. The van der Waals surface area contributed by atoms with E-state index in [9.17, 15) is 0 Å². The zero-order valence-electron chi connectivity index (χ0n) is 30.9. The molecule has 0 fully saturated rings. The zero-order chi connectivity index (χ0) is 36.5. The normalized spacial score (nSPS) is 14.6. The van der Waals surface area contributed by atoms with Crippen molar-refractivity contribution < 1.29 is 0 Å². The maximum absolute atomic E-state index is 7.82. The lowest BCUT2D eigenvalue weighted by molar-refractivity contribution is 0.660. The number of hydrogen-bond acceptors (Lipinski definition) is 0. The van der Waals surface area contributed by atoms with Gasteiger partial charge in [-0.15, -0.1) is 0 Å². The lowest BCUT2D eigenvalue weighted by Crippen LogP contribution is -2.14. The molecule has 54 heavy (non-hydrogen) atoms. The second-order valence-electron chi connectivity index (χ2n) is 16.4. The highest BCUT2D eigenvalue weighted by Crippen LogP contribution is 2.53. The van der Waals surface area contributed by atoms with Crippen LogP contribution in [0.2, 0.25) is 0 Å². The minimum absolute atomic E-state index is 0.0683. The van der Waals surface area contributed by atoms with Gasteiger partial charge < -0.3 is 0 Å². The maximum Gasteiger partial charge on any atom is 0.187 e. The maximum atomic E-state index is 7.82. The first kappa shape index (κ1) is 31.1. The van der Waals surface area contributed by atoms with Gasteiger partial charge in [0.05, 0.1) is 6.57 Å². The second-order valence-corrected chi connectivity index (χ2v) is 16.4. The van der Waals surface area contributed by atoms with Gasteiger partial charge in [-0.3, -0.25) is 0 Å². The van der Waals surface area contributed by atoms with Gasteiger partial charge in [0.15, 0.2) is 5.69 Å². The van der Waals surface area contributed by atoms with Gasteiger partial charge in [-0.25, -0.2) is 4.85 Å². The van der Waals surface area contributed by atoms with Crippen molar-refractivity contribution >= 4 is 38.0 Å². The van der Waals surface area contributed by atoms with Crippen molar-refractivity contribution in [3.63, 3.8) is 0 Å². The Labute approximate surface area is 316 Å². The van der Waals surface area contributed by atoms with E-state index in [2.05, 4.69) is 166 Å². The Morgan fingerprint density at radius 3 is 1.46 bits per heavy atom. The molecule has 1 heteroatoms. The standard InChI is InChI=1S/C53H37N/c1-52(2)46-15-8-6-13-37(46)39-22-19-33(28-48(39)52)36-21-17-31-18-24-42-44(32-11-10-12-35(27-32)54-5)30-45(43-26-25-41(36)50(31)51(42)43)34-20-23-40-38-14-7-9-16-47(38)53(3,4)49(40)29-34/h6-30H,1-4H3. The van der Waals surface area contributed by atoms with E-state index in [1.165, 1.54) is 99.1 Å². The SMILES string of the molecule is [C-]#[N+]c1cccc(-c2cc(-c3ccc4c(c3)C(C)(C)c3ccccc3-4)c3ccc4c(-c5ccc6c(c5)C(C)(C)c5ccccc5-6)ccc5ccc2c3c54)c1. The van der Waals surface area contributed by atoms with E-state index in [4.69, 9.17) is 6.57 Å². The number of benzene rings is 9. The molecular weight excluding hydrogens is 651 g/mol. The van der Waals surface area contributed by atoms with Crippen LogP contribution >= 0.6 is 0 Å². The van der Waals surface area contributed by atoms with E-state index >= 15 is 0 Å². The summed E-state index contributed by atoms with van der Waals surface area (Å²) in [4.78, 5) is 3.82. The van der Waals surface area contributed by atoms with Gasteiger partial charge in [-0.2, -0.15) is 0 Å². The molecule has 11 rings (SSSR count). The number of rotatable bonds is 3. The predicted octanol–water partition coefficient (Wildman–Crippen LogP) is 14.7. The Morgan fingerprint density at radius 2 is 0.852 bits per heavy atom. The molecular formula is C53H37N. The van der Waals surface area contributed by atoms with Gasteiger partial charge in [0.2, 0.25) is 0 Å². The molecule has 0 atom stereocenters. The molecule has 0 heterocycles. The van der Waals surface area contributed by atoms with Crippen molar-refractivity contribution in [1.82, 2.24) is 0 Å². The van der Waals surface area contributed by atoms with E-state index in [0.29, 0.717) is 5.69 Å². The molecule has 0 amide bonds. The largest absolute Gasteiger partial charge is 0.238 e. The number of hydrogen-bond donors (Lipinski definition) is 0. The monoisotopic (exact) mass is 687 g/mol. The summed E-state index contributed by atoms with van der Waals surface area (Å²) in [6.45, 7) is 17.2. The zero-order valence-corrected chi connectivity index (χ0v) is 30.9. The molecule has 0 bridgehead atoms. The Balaban J connectivity index is 1.18. The Kier molecular flexibility index (Phi) is 6.21. The van der Waals surface area contributed by atoms with E-state index in [0.717, 1.165) is 11.1 Å². The molecule has 0 aromatic heterocycles. The van der Waals surface area contributed by atoms with Crippen molar-refractivity contribution in [3.8, 4) is 55.6 Å². The first-order chi connectivity index (χ1) is 26.2. The Hall–Kier alpha value is -6.49. The third kappa shape index (κ3) is 4.09. The lowest BCUT2D eigenvalue weighted by Gasteiger charge is -2.23. The average molecular weight is 688 g/mol. The predicted molar refractivity (Wildman–Crippen MR) is 228 cm³/mol. The molecule has 0 unspecified atom stereocenters. The fraction of sp³-hybridized carbons (Fsp3) is 0.113. The van der Waals surface area contributed by atoms with Crippen molar-refractivity contribution in [2.45, 2.75) is 38.5 Å². The summed E-state index contributed by atoms with van der Waals surface area (Å²) >= 11 is 0. The van der Waals surface area contributed by atoms with Gasteiger partial charge in [0, 0.05) is 10.8 Å². The molecule has 9 aromatic rings. The van der Waals surface area contributed by atoms with Gasteiger partial charge >= 0.3 is 0 Å². The van der Waals surface area contributed by atoms with Gasteiger partial charge in [0.1, 0.15) is 0 Å². The van der Waals surface area contributed by atoms with E-state index in [1.54, 1.807) is 0 Å². The van der Waals surface area contributed by atoms with Gasteiger partial charge in [0.25, 0.3) is 0 Å². The van der Waals surface area contributed by atoms with Crippen LogP contribution in [0, 0.1) is 6.57 Å². The van der Waals surface area contributed by atoms with Crippen LogP contribution in [0.5, 0.6) is 0 Å². The van der Waals surface area contributed by atoms with Crippen LogP contribution in [-0.4, -0.2) is 0 Å².